The Morgan fingerprint density at radius 1 is 1.04 bits per heavy atom. The topological polar surface area (TPSA) is 60.0 Å². The maximum atomic E-state index is 4.67. The zero-order valence-corrected chi connectivity index (χ0v) is 12.5. The second-order valence-electron chi connectivity index (χ2n) is 5.22. The average molecular weight is 304 g/mol. The fourth-order valence-electron chi connectivity index (χ4n) is 2.53. The van der Waals surface area contributed by atoms with E-state index in [0.29, 0.717) is 0 Å². The van der Waals surface area contributed by atoms with Crippen molar-refractivity contribution in [1.82, 2.24) is 24.1 Å². The van der Waals surface area contributed by atoms with Crippen molar-refractivity contribution in [3.63, 3.8) is 0 Å². The van der Waals surface area contributed by atoms with Gasteiger partial charge in [-0.05, 0) is 0 Å². The van der Waals surface area contributed by atoms with Crippen LogP contribution in [0.25, 0.3) is 16.9 Å². The van der Waals surface area contributed by atoms with Gasteiger partial charge in [-0.3, -0.25) is 0 Å². The smallest absolute Gasteiger partial charge is 0.157 e. The molecule has 0 aliphatic heterocycles. The first-order valence-corrected chi connectivity index (χ1v) is 7.50. The van der Waals surface area contributed by atoms with E-state index in [-0.39, 0.29) is 0 Å². The molecule has 3 heterocycles. The van der Waals surface area contributed by atoms with Gasteiger partial charge in [-0.2, -0.15) is 9.61 Å². The molecule has 0 saturated heterocycles. The Hall–Kier alpha value is -3.15. The first-order chi connectivity index (χ1) is 11.4. The van der Waals surface area contributed by atoms with Crippen molar-refractivity contribution < 1.29 is 0 Å². The zero-order valence-electron chi connectivity index (χ0n) is 12.5. The highest BCUT2D eigenvalue weighted by Crippen LogP contribution is 2.21. The molecule has 1 aromatic carbocycles. The summed E-state index contributed by atoms with van der Waals surface area (Å²) in [6, 6.07) is 14.1. The van der Waals surface area contributed by atoms with E-state index in [0.717, 1.165) is 35.8 Å². The van der Waals surface area contributed by atoms with Crippen molar-refractivity contribution in [2.75, 3.05) is 11.9 Å². The van der Waals surface area contributed by atoms with Gasteiger partial charge in [-0.1, -0.05) is 30.3 Å². The number of fused-ring (bicyclic) bond motifs is 1. The summed E-state index contributed by atoms with van der Waals surface area (Å²) >= 11 is 0. The molecule has 4 aromatic rings. The van der Waals surface area contributed by atoms with Crippen LogP contribution in [0.15, 0.2) is 67.4 Å². The highest BCUT2D eigenvalue weighted by Gasteiger charge is 2.07. The Labute approximate surface area is 133 Å². The van der Waals surface area contributed by atoms with Crippen molar-refractivity contribution in [3.8, 4) is 11.3 Å². The van der Waals surface area contributed by atoms with E-state index in [1.54, 1.807) is 12.4 Å². The van der Waals surface area contributed by atoms with Crippen LogP contribution in [0.2, 0.25) is 0 Å². The van der Waals surface area contributed by atoms with E-state index in [4.69, 9.17) is 0 Å². The van der Waals surface area contributed by atoms with E-state index >= 15 is 0 Å². The summed E-state index contributed by atoms with van der Waals surface area (Å²) in [4.78, 5) is 8.72. The summed E-state index contributed by atoms with van der Waals surface area (Å²) in [5, 5.41) is 7.78. The number of benzene rings is 1. The predicted octanol–water partition coefficient (Wildman–Crippen LogP) is 2.70. The number of aromatic nitrogens is 5. The molecule has 0 amide bonds. The van der Waals surface area contributed by atoms with Crippen LogP contribution in [0.5, 0.6) is 0 Å². The lowest BCUT2D eigenvalue weighted by atomic mass is 10.1. The summed E-state index contributed by atoms with van der Waals surface area (Å²) in [5.74, 6) is 0.930. The molecule has 6 nitrogen and oxygen atoms in total. The fraction of sp³-hybridized carbons (Fsp3) is 0.118. The lowest BCUT2D eigenvalue weighted by Gasteiger charge is -2.11. The first-order valence-electron chi connectivity index (χ1n) is 7.50. The maximum Gasteiger partial charge on any atom is 0.157 e. The highest BCUT2D eigenvalue weighted by atomic mass is 15.3. The normalized spacial score (nSPS) is 11.0. The number of nitrogens with zero attached hydrogens (tertiary/aromatic N) is 5. The van der Waals surface area contributed by atoms with Crippen LogP contribution >= 0.6 is 0 Å². The molecule has 6 heteroatoms. The van der Waals surface area contributed by atoms with Crippen LogP contribution in [-0.2, 0) is 6.54 Å². The molecule has 0 aliphatic carbocycles. The quantitative estimate of drug-likeness (QED) is 0.616. The van der Waals surface area contributed by atoms with Crippen LogP contribution in [0, 0.1) is 0 Å². The van der Waals surface area contributed by atoms with Gasteiger partial charge in [0.15, 0.2) is 5.65 Å². The highest BCUT2D eigenvalue weighted by molar-refractivity contribution is 5.66. The van der Waals surface area contributed by atoms with Crippen molar-refractivity contribution in [2.24, 2.45) is 0 Å². The van der Waals surface area contributed by atoms with Crippen molar-refractivity contribution in [3.05, 3.63) is 67.4 Å². The molecule has 23 heavy (non-hydrogen) atoms. The lowest BCUT2D eigenvalue weighted by Crippen LogP contribution is -2.12. The fourth-order valence-corrected chi connectivity index (χ4v) is 2.53. The summed E-state index contributed by atoms with van der Waals surface area (Å²) < 4.78 is 3.85. The maximum absolute atomic E-state index is 4.67. The molecule has 0 bridgehead atoms. The van der Waals surface area contributed by atoms with E-state index in [9.17, 15) is 0 Å². The minimum Gasteiger partial charge on any atom is -0.368 e. The third kappa shape index (κ3) is 2.78. The number of rotatable bonds is 5. The lowest BCUT2D eigenvalue weighted by molar-refractivity contribution is 0.722. The van der Waals surface area contributed by atoms with Gasteiger partial charge in [-0.25, -0.2) is 9.97 Å². The summed E-state index contributed by atoms with van der Waals surface area (Å²) in [7, 11) is 0. The number of hydrogen-bond donors (Lipinski definition) is 1. The first kappa shape index (κ1) is 13.5. The number of anilines is 1. The summed E-state index contributed by atoms with van der Waals surface area (Å²) in [5.41, 5.74) is 2.86. The second-order valence-corrected chi connectivity index (χ2v) is 5.22. The Kier molecular flexibility index (Phi) is 3.48. The van der Waals surface area contributed by atoms with E-state index in [2.05, 4.69) is 32.5 Å². The molecule has 3 aromatic heterocycles. The standard InChI is InChI=1S/C17H16N6/c1-2-4-14(5-3-1)15-12-17(23-16(21-15)6-7-20-23)19-9-11-22-10-8-18-13-22/h1-8,10,12-13,19H,9,11H2. The molecule has 0 saturated carbocycles. The van der Waals surface area contributed by atoms with Crippen LogP contribution in [0.4, 0.5) is 5.82 Å². The minimum atomic E-state index is 0.781. The molecule has 0 aliphatic rings. The van der Waals surface area contributed by atoms with Crippen LogP contribution in [0.1, 0.15) is 0 Å². The molecule has 0 radical (unpaired) electrons. The van der Waals surface area contributed by atoms with Gasteiger partial charge in [-0.15, -0.1) is 0 Å². The predicted molar refractivity (Wildman–Crippen MR) is 89.1 cm³/mol. The van der Waals surface area contributed by atoms with Gasteiger partial charge in [0.1, 0.15) is 5.82 Å². The third-order valence-corrected chi connectivity index (χ3v) is 3.66. The Balaban J connectivity index is 1.63. The summed E-state index contributed by atoms with van der Waals surface area (Å²) in [6.07, 6.45) is 7.31. The Bertz CT molecular complexity index is 895. The number of nitrogens with one attached hydrogen (secondary N) is 1. The molecule has 0 spiro atoms. The van der Waals surface area contributed by atoms with Crippen LogP contribution in [0.3, 0.4) is 0 Å². The van der Waals surface area contributed by atoms with E-state index in [1.807, 2.05) is 51.9 Å². The van der Waals surface area contributed by atoms with Gasteiger partial charge in [0.2, 0.25) is 0 Å². The van der Waals surface area contributed by atoms with Gasteiger partial charge in [0.25, 0.3) is 0 Å². The number of hydrogen-bond acceptors (Lipinski definition) is 4. The van der Waals surface area contributed by atoms with Crippen molar-refractivity contribution >= 4 is 11.5 Å². The molecular weight excluding hydrogens is 288 g/mol. The van der Waals surface area contributed by atoms with Gasteiger partial charge in [0.05, 0.1) is 18.2 Å². The van der Waals surface area contributed by atoms with Crippen molar-refractivity contribution in [2.45, 2.75) is 6.54 Å². The molecule has 0 atom stereocenters. The molecule has 0 fully saturated rings. The number of imidazole rings is 1. The van der Waals surface area contributed by atoms with Gasteiger partial charge in [0, 0.05) is 43.2 Å². The Morgan fingerprint density at radius 3 is 2.78 bits per heavy atom. The molecule has 4 rings (SSSR count). The van der Waals surface area contributed by atoms with Gasteiger partial charge < -0.3 is 9.88 Å². The molecular formula is C17H16N6. The molecule has 114 valence electrons. The van der Waals surface area contributed by atoms with Crippen LogP contribution < -0.4 is 5.32 Å². The van der Waals surface area contributed by atoms with Crippen molar-refractivity contribution in [1.29, 1.82) is 0 Å². The molecule has 1 N–H and O–H groups in total. The van der Waals surface area contributed by atoms with E-state index < -0.39 is 0 Å². The summed E-state index contributed by atoms with van der Waals surface area (Å²) in [6.45, 7) is 1.62. The van der Waals surface area contributed by atoms with E-state index in [1.165, 1.54) is 0 Å². The second kappa shape index (κ2) is 5.92. The minimum absolute atomic E-state index is 0.781. The van der Waals surface area contributed by atoms with Crippen LogP contribution in [-0.4, -0.2) is 30.7 Å². The van der Waals surface area contributed by atoms with Gasteiger partial charge >= 0.3 is 0 Å². The largest absolute Gasteiger partial charge is 0.368 e. The Morgan fingerprint density at radius 2 is 1.96 bits per heavy atom. The monoisotopic (exact) mass is 304 g/mol. The SMILES string of the molecule is c1ccc(-c2cc(NCCn3ccnc3)n3nccc3n2)cc1. The average Bonchev–Trinajstić information content (AvgIpc) is 3.26. The third-order valence-electron chi connectivity index (χ3n) is 3.66. The molecule has 0 unspecified atom stereocenters. The zero-order chi connectivity index (χ0) is 15.5.